The van der Waals surface area contributed by atoms with Gasteiger partial charge in [-0.2, -0.15) is 0 Å². The number of rotatable bonds is 16. The molecule has 5 heteroatoms. The third-order valence-corrected chi connectivity index (χ3v) is 3.93. The first-order chi connectivity index (χ1) is 12.1. The van der Waals surface area contributed by atoms with Gasteiger partial charge in [-0.05, 0) is 44.9 Å². The Morgan fingerprint density at radius 1 is 1.00 bits per heavy atom. The van der Waals surface area contributed by atoms with Gasteiger partial charge < -0.3 is 5.11 Å². The Morgan fingerprint density at radius 2 is 1.60 bits per heavy atom. The Kier molecular flexibility index (Phi) is 15.6. The molecule has 1 radical (unpaired) electrons. The largest absolute Gasteiger partial charge is 0.506 e. The van der Waals surface area contributed by atoms with Crippen LogP contribution in [0.1, 0.15) is 84.0 Å². The van der Waals surface area contributed by atoms with Gasteiger partial charge in [0, 0.05) is 19.3 Å². The summed E-state index contributed by atoms with van der Waals surface area (Å²) in [6.07, 6.45) is 20.7. The minimum atomic E-state index is -0.495. The predicted octanol–water partition coefficient (Wildman–Crippen LogP) is 5.96. The average molecular weight is 350 g/mol. The van der Waals surface area contributed by atoms with Crippen molar-refractivity contribution in [2.75, 3.05) is 0 Å². The molecular formula is C20H32NO4. The lowest BCUT2D eigenvalue weighted by atomic mass is 10.1. The zero-order valence-corrected chi connectivity index (χ0v) is 15.4. The van der Waals surface area contributed by atoms with Crippen LogP contribution >= 0.6 is 0 Å². The summed E-state index contributed by atoms with van der Waals surface area (Å²) >= 11 is 0. The quantitative estimate of drug-likeness (QED) is 0.122. The van der Waals surface area contributed by atoms with Crippen molar-refractivity contribution < 1.29 is 14.8 Å². The standard InChI is InChI=1S/C20H32NO4/c1-2-19(21(24)25)20(23)17-15-13-11-9-7-5-3-4-6-8-10-12-14-16-18-22/h3-4,7,9,23H,2,5-6,8,10-17H2,1H3/b4-3-,9-7-,20-19-. The molecule has 0 unspecified atom stereocenters. The number of carbonyl (C=O) groups excluding carboxylic acids is 1. The van der Waals surface area contributed by atoms with E-state index < -0.39 is 4.92 Å². The molecule has 0 aliphatic heterocycles. The van der Waals surface area contributed by atoms with Crippen molar-refractivity contribution in [2.24, 2.45) is 0 Å². The molecule has 25 heavy (non-hydrogen) atoms. The zero-order valence-electron chi connectivity index (χ0n) is 15.4. The SMILES string of the molecule is CC/C(=C(/O)CCCC/C=C\C/C=C\CCCCCC[C]=O)[N+](=O)[O-]. The number of nitro groups is 1. The molecule has 0 spiro atoms. The highest BCUT2D eigenvalue weighted by molar-refractivity contribution is 5.50. The molecule has 0 heterocycles. The van der Waals surface area contributed by atoms with E-state index in [4.69, 9.17) is 0 Å². The normalized spacial score (nSPS) is 12.7. The third kappa shape index (κ3) is 14.2. The molecular weight excluding hydrogens is 318 g/mol. The fourth-order valence-corrected chi connectivity index (χ4v) is 2.46. The summed E-state index contributed by atoms with van der Waals surface area (Å²) < 4.78 is 0. The number of hydrogen-bond donors (Lipinski definition) is 1. The van der Waals surface area contributed by atoms with Crippen LogP contribution in [0.3, 0.4) is 0 Å². The zero-order chi connectivity index (χ0) is 18.8. The summed E-state index contributed by atoms with van der Waals surface area (Å²) in [7, 11) is 0. The molecule has 0 aliphatic rings. The number of unbranched alkanes of at least 4 members (excludes halogenated alkanes) is 7. The summed E-state index contributed by atoms with van der Waals surface area (Å²) in [6, 6.07) is 0. The van der Waals surface area contributed by atoms with E-state index >= 15 is 0 Å². The topological polar surface area (TPSA) is 80.4 Å². The van der Waals surface area contributed by atoms with Gasteiger partial charge in [-0.3, -0.25) is 14.9 Å². The second-order valence-corrected chi connectivity index (χ2v) is 6.03. The molecule has 0 atom stereocenters. The molecule has 0 saturated carbocycles. The molecule has 0 amide bonds. The number of hydrogen-bond acceptors (Lipinski definition) is 4. The Bertz CT molecular complexity index is 453. The van der Waals surface area contributed by atoms with Gasteiger partial charge in [0.25, 0.3) is 5.70 Å². The van der Waals surface area contributed by atoms with Crippen LogP contribution in [0, 0.1) is 10.1 Å². The summed E-state index contributed by atoms with van der Waals surface area (Å²) in [5.74, 6) is -0.0799. The van der Waals surface area contributed by atoms with Crippen LogP contribution in [-0.4, -0.2) is 16.3 Å². The van der Waals surface area contributed by atoms with Crippen LogP contribution in [0.5, 0.6) is 0 Å². The van der Waals surface area contributed by atoms with E-state index in [2.05, 4.69) is 24.3 Å². The maximum Gasteiger partial charge on any atom is 0.282 e. The monoisotopic (exact) mass is 350 g/mol. The number of aliphatic hydroxyl groups is 1. The number of aliphatic hydroxyl groups excluding tert-OH is 1. The maximum atomic E-state index is 10.7. The molecule has 0 aromatic carbocycles. The molecule has 0 rings (SSSR count). The van der Waals surface area contributed by atoms with Crippen molar-refractivity contribution in [3.8, 4) is 0 Å². The lowest BCUT2D eigenvalue weighted by molar-refractivity contribution is -0.430. The van der Waals surface area contributed by atoms with Crippen molar-refractivity contribution in [1.29, 1.82) is 0 Å². The second kappa shape index (κ2) is 16.9. The summed E-state index contributed by atoms with van der Waals surface area (Å²) in [6.45, 7) is 1.68. The van der Waals surface area contributed by atoms with E-state index in [1.807, 2.05) is 6.29 Å². The van der Waals surface area contributed by atoms with Crippen LogP contribution in [0.25, 0.3) is 0 Å². The van der Waals surface area contributed by atoms with Crippen molar-refractivity contribution in [3.05, 3.63) is 45.9 Å². The highest BCUT2D eigenvalue weighted by atomic mass is 16.6. The highest BCUT2D eigenvalue weighted by Crippen LogP contribution is 2.14. The van der Waals surface area contributed by atoms with E-state index in [-0.39, 0.29) is 17.9 Å². The van der Waals surface area contributed by atoms with E-state index in [0.29, 0.717) is 12.8 Å². The summed E-state index contributed by atoms with van der Waals surface area (Å²) in [4.78, 5) is 20.2. The van der Waals surface area contributed by atoms with Gasteiger partial charge in [0.2, 0.25) is 0 Å². The van der Waals surface area contributed by atoms with Gasteiger partial charge in [0.15, 0.2) is 12.0 Å². The third-order valence-electron chi connectivity index (χ3n) is 3.93. The van der Waals surface area contributed by atoms with Crippen LogP contribution in [0.2, 0.25) is 0 Å². The molecule has 1 N–H and O–H groups in total. The van der Waals surface area contributed by atoms with Crippen molar-refractivity contribution in [3.63, 3.8) is 0 Å². The Hall–Kier alpha value is -1.91. The Balaban J connectivity index is 3.59. The highest BCUT2D eigenvalue weighted by Gasteiger charge is 2.14. The van der Waals surface area contributed by atoms with Gasteiger partial charge >= 0.3 is 0 Å². The van der Waals surface area contributed by atoms with Crippen LogP contribution in [0.4, 0.5) is 0 Å². The first-order valence-electron chi connectivity index (χ1n) is 9.33. The van der Waals surface area contributed by atoms with Gasteiger partial charge in [0.1, 0.15) is 0 Å². The van der Waals surface area contributed by atoms with E-state index in [1.165, 1.54) is 12.8 Å². The van der Waals surface area contributed by atoms with Crippen LogP contribution in [0.15, 0.2) is 35.8 Å². The number of allylic oxidation sites excluding steroid dienone is 6. The van der Waals surface area contributed by atoms with E-state index in [0.717, 1.165) is 44.9 Å². The maximum absolute atomic E-state index is 10.7. The predicted molar refractivity (Wildman–Crippen MR) is 102 cm³/mol. The van der Waals surface area contributed by atoms with Gasteiger partial charge in [-0.1, -0.05) is 44.1 Å². The van der Waals surface area contributed by atoms with E-state index in [1.54, 1.807) is 6.92 Å². The fourth-order valence-electron chi connectivity index (χ4n) is 2.46. The summed E-state index contributed by atoms with van der Waals surface area (Å²) in [5.41, 5.74) is -0.0669. The molecule has 0 aromatic rings. The molecule has 141 valence electrons. The minimum absolute atomic E-state index is 0.0669. The van der Waals surface area contributed by atoms with Crippen molar-refractivity contribution in [1.82, 2.24) is 0 Å². The Morgan fingerprint density at radius 3 is 2.16 bits per heavy atom. The number of nitrogens with zero attached hydrogens (tertiary/aromatic N) is 1. The lowest BCUT2D eigenvalue weighted by Gasteiger charge is -2.01. The Labute approximate surface area is 151 Å². The minimum Gasteiger partial charge on any atom is -0.506 e. The molecule has 0 bridgehead atoms. The van der Waals surface area contributed by atoms with Crippen LogP contribution < -0.4 is 0 Å². The lowest BCUT2D eigenvalue weighted by Crippen LogP contribution is -2.02. The first-order valence-corrected chi connectivity index (χ1v) is 9.33. The fraction of sp³-hybridized carbons (Fsp3) is 0.650. The molecule has 0 fully saturated rings. The van der Waals surface area contributed by atoms with Gasteiger partial charge in [0.05, 0.1) is 4.92 Å². The van der Waals surface area contributed by atoms with Gasteiger partial charge in [-0.25, -0.2) is 0 Å². The van der Waals surface area contributed by atoms with Crippen molar-refractivity contribution >= 4 is 6.29 Å². The van der Waals surface area contributed by atoms with Gasteiger partial charge in [-0.15, -0.1) is 0 Å². The van der Waals surface area contributed by atoms with E-state index in [9.17, 15) is 20.0 Å². The van der Waals surface area contributed by atoms with Crippen molar-refractivity contribution in [2.45, 2.75) is 84.0 Å². The first kappa shape index (κ1) is 23.1. The second-order valence-electron chi connectivity index (χ2n) is 6.03. The molecule has 0 aromatic heterocycles. The average Bonchev–Trinajstić information content (AvgIpc) is 2.58. The summed E-state index contributed by atoms with van der Waals surface area (Å²) in [5, 5.41) is 20.4. The smallest absolute Gasteiger partial charge is 0.282 e. The molecule has 0 aliphatic carbocycles. The molecule has 0 saturated heterocycles. The van der Waals surface area contributed by atoms with Crippen LogP contribution in [-0.2, 0) is 4.79 Å². The molecule has 5 nitrogen and oxygen atoms in total.